The van der Waals surface area contributed by atoms with Gasteiger partial charge < -0.3 is 14.0 Å². The van der Waals surface area contributed by atoms with Gasteiger partial charge in [-0.25, -0.2) is 9.48 Å². The summed E-state index contributed by atoms with van der Waals surface area (Å²) in [6, 6.07) is 7.82. The number of hydrogen-bond donors (Lipinski definition) is 0. The number of benzene rings is 1. The van der Waals surface area contributed by atoms with Crippen molar-refractivity contribution in [1.29, 1.82) is 0 Å². The van der Waals surface area contributed by atoms with Crippen LogP contribution in [0.1, 0.15) is 62.6 Å². The molecule has 142 valence electrons. The minimum atomic E-state index is -0.447. The topological polar surface area (TPSA) is 75.5 Å². The van der Waals surface area contributed by atoms with Gasteiger partial charge in [0.1, 0.15) is 0 Å². The first kappa shape index (κ1) is 18.2. The van der Waals surface area contributed by atoms with E-state index in [0.29, 0.717) is 11.6 Å². The molecule has 0 N–H and O–H groups in total. The van der Waals surface area contributed by atoms with Crippen LogP contribution in [0.4, 0.5) is 0 Å². The second kappa shape index (κ2) is 6.17. The van der Waals surface area contributed by atoms with Gasteiger partial charge in [-0.1, -0.05) is 17.3 Å². The van der Waals surface area contributed by atoms with Gasteiger partial charge >= 0.3 is 13.1 Å². The van der Waals surface area contributed by atoms with Crippen molar-refractivity contribution in [1.82, 2.24) is 15.0 Å². The van der Waals surface area contributed by atoms with Gasteiger partial charge in [0.2, 0.25) is 0 Å². The van der Waals surface area contributed by atoms with E-state index >= 15 is 0 Å². The van der Waals surface area contributed by atoms with Crippen LogP contribution in [0.2, 0.25) is 0 Å². The lowest BCUT2D eigenvalue weighted by Gasteiger charge is -2.32. The van der Waals surface area contributed by atoms with Gasteiger partial charge in [-0.3, -0.25) is 0 Å². The molecule has 2 aromatic rings. The van der Waals surface area contributed by atoms with E-state index in [4.69, 9.17) is 14.0 Å². The lowest BCUT2D eigenvalue weighted by atomic mass is 9.79. The van der Waals surface area contributed by atoms with E-state index in [0.717, 1.165) is 29.7 Å². The molecule has 0 amide bonds. The van der Waals surface area contributed by atoms with Crippen LogP contribution in [0.5, 0.6) is 0 Å². The Hall–Kier alpha value is -2.19. The Morgan fingerprint density at radius 2 is 1.74 bits per heavy atom. The van der Waals surface area contributed by atoms with Crippen molar-refractivity contribution in [3.05, 3.63) is 35.7 Å². The Morgan fingerprint density at radius 3 is 2.26 bits per heavy atom. The molecular formula is C19H24BN3O4. The smallest absolute Gasteiger partial charge is 0.464 e. The van der Waals surface area contributed by atoms with Crippen molar-refractivity contribution in [2.75, 3.05) is 7.11 Å². The number of aromatic nitrogens is 3. The molecule has 1 saturated carbocycles. The van der Waals surface area contributed by atoms with E-state index in [2.05, 4.69) is 10.3 Å². The van der Waals surface area contributed by atoms with Crippen molar-refractivity contribution in [3.63, 3.8) is 0 Å². The fraction of sp³-hybridized carbons (Fsp3) is 0.526. The second-order valence-corrected chi connectivity index (χ2v) is 8.18. The largest absolute Gasteiger partial charge is 0.494 e. The molecule has 2 aliphatic rings. The lowest BCUT2D eigenvalue weighted by Crippen LogP contribution is -2.41. The van der Waals surface area contributed by atoms with Crippen LogP contribution < -0.4 is 5.46 Å². The normalized spacial score (nSPS) is 20.7. The molecule has 0 bridgehead atoms. The van der Waals surface area contributed by atoms with Crippen molar-refractivity contribution in [2.24, 2.45) is 0 Å². The fourth-order valence-corrected chi connectivity index (χ4v) is 3.20. The quantitative estimate of drug-likeness (QED) is 0.608. The summed E-state index contributed by atoms with van der Waals surface area (Å²) in [4.78, 5) is 12.0. The summed E-state index contributed by atoms with van der Waals surface area (Å²) in [6.45, 7) is 8.14. The first-order chi connectivity index (χ1) is 12.7. The highest BCUT2D eigenvalue weighted by Gasteiger charge is 2.51. The van der Waals surface area contributed by atoms with Gasteiger partial charge in [0.05, 0.1) is 29.7 Å². The van der Waals surface area contributed by atoms with Crippen LogP contribution in [0, 0.1) is 0 Å². The molecule has 8 heteroatoms. The standard InChI is InChI=1S/C19H24BN3O4/c1-18(2)19(3,4)27-20(26-18)13-8-10-14(11-9-13)23-16(12-6-7-12)15(21-22-23)17(24)25-5/h8-12H,6-7H2,1-5H3. The molecule has 0 unspecified atom stereocenters. The average Bonchev–Trinajstić information content (AvgIpc) is 3.32. The molecule has 0 atom stereocenters. The molecular weight excluding hydrogens is 345 g/mol. The number of hydrogen-bond acceptors (Lipinski definition) is 6. The predicted octanol–water partition coefficient (Wildman–Crippen LogP) is 2.23. The SMILES string of the molecule is COC(=O)c1nnn(-c2ccc(B3OC(C)(C)C(C)(C)O3)cc2)c1C1CC1. The Morgan fingerprint density at radius 1 is 1.15 bits per heavy atom. The summed E-state index contributed by atoms with van der Waals surface area (Å²) in [6.07, 6.45) is 2.06. The number of carbonyl (C=O) groups is 1. The number of carbonyl (C=O) groups excluding carboxylic acids is 1. The molecule has 1 aliphatic carbocycles. The van der Waals surface area contributed by atoms with Gasteiger partial charge in [-0.2, -0.15) is 0 Å². The molecule has 4 rings (SSSR count). The Kier molecular flexibility index (Phi) is 4.16. The number of methoxy groups -OCH3 is 1. The number of esters is 1. The van der Waals surface area contributed by atoms with E-state index in [1.54, 1.807) is 4.68 Å². The first-order valence-electron chi connectivity index (χ1n) is 9.23. The van der Waals surface area contributed by atoms with Crippen LogP contribution in [0.3, 0.4) is 0 Å². The molecule has 1 aromatic carbocycles. The number of ether oxygens (including phenoxy) is 1. The monoisotopic (exact) mass is 369 g/mol. The predicted molar refractivity (Wildman–Crippen MR) is 100 cm³/mol. The van der Waals surface area contributed by atoms with Gasteiger partial charge in [0.25, 0.3) is 0 Å². The zero-order valence-electron chi connectivity index (χ0n) is 16.4. The summed E-state index contributed by atoms with van der Waals surface area (Å²) < 4.78 is 18.8. The molecule has 1 saturated heterocycles. The number of nitrogens with zero attached hydrogens (tertiary/aromatic N) is 3. The third kappa shape index (κ3) is 3.06. The van der Waals surface area contributed by atoms with Crippen LogP contribution in [-0.4, -0.2) is 46.4 Å². The van der Waals surface area contributed by atoms with E-state index in [9.17, 15) is 4.79 Å². The molecule has 0 radical (unpaired) electrons. The third-order valence-electron chi connectivity index (χ3n) is 5.71. The van der Waals surface area contributed by atoms with Crippen LogP contribution in [-0.2, 0) is 14.0 Å². The lowest BCUT2D eigenvalue weighted by molar-refractivity contribution is 0.00578. The van der Waals surface area contributed by atoms with Gasteiger partial charge in [0.15, 0.2) is 5.69 Å². The maximum absolute atomic E-state index is 12.0. The maximum Gasteiger partial charge on any atom is 0.494 e. The summed E-state index contributed by atoms with van der Waals surface area (Å²) in [5.41, 5.74) is 2.16. The zero-order chi connectivity index (χ0) is 19.4. The van der Waals surface area contributed by atoms with E-state index in [1.807, 2.05) is 52.0 Å². The Bertz CT molecular complexity index is 856. The molecule has 7 nitrogen and oxygen atoms in total. The van der Waals surface area contributed by atoms with Gasteiger partial charge in [0, 0.05) is 5.92 Å². The highest BCUT2D eigenvalue weighted by molar-refractivity contribution is 6.62. The van der Waals surface area contributed by atoms with Crippen LogP contribution in [0.15, 0.2) is 24.3 Å². The highest BCUT2D eigenvalue weighted by Crippen LogP contribution is 2.42. The highest BCUT2D eigenvalue weighted by atomic mass is 16.7. The maximum atomic E-state index is 12.0. The first-order valence-corrected chi connectivity index (χ1v) is 9.23. The summed E-state index contributed by atoms with van der Waals surface area (Å²) in [7, 11) is 0.950. The summed E-state index contributed by atoms with van der Waals surface area (Å²) >= 11 is 0. The van der Waals surface area contributed by atoms with E-state index in [-0.39, 0.29) is 11.2 Å². The minimum absolute atomic E-state index is 0.301. The number of rotatable bonds is 4. The molecule has 2 heterocycles. The van der Waals surface area contributed by atoms with Gasteiger partial charge in [-0.15, -0.1) is 5.10 Å². The van der Waals surface area contributed by atoms with Crippen LogP contribution >= 0.6 is 0 Å². The molecule has 2 fully saturated rings. The van der Waals surface area contributed by atoms with Crippen LogP contribution in [0.25, 0.3) is 5.69 Å². The fourth-order valence-electron chi connectivity index (χ4n) is 3.20. The summed E-state index contributed by atoms with van der Waals surface area (Å²) in [5, 5.41) is 8.24. The molecule has 1 aliphatic heterocycles. The molecule has 27 heavy (non-hydrogen) atoms. The molecule has 1 aromatic heterocycles. The third-order valence-corrected chi connectivity index (χ3v) is 5.71. The van der Waals surface area contributed by atoms with Gasteiger partial charge in [-0.05, 0) is 58.1 Å². The molecule has 0 spiro atoms. The van der Waals surface area contributed by atoms with Crippen molar-refractivity contribution < 1.29 is 18.8 Å². The second-order valence-electron chi connectivity index (χ2n) is 8.18. The summed E-state index contributed by atoms with van der Waals surface area (Å²) in [5.74, 6) is -0.145. The zero-order valence-corrected chi connectivity index (χ0v) is 16.4. The Balaban J connectivity index is 1.63. The minimum Gasteiger partial charge on any atom is -0.464 e. The van der Waals surface area contributed by atoms with Crippen molar-refractivity contribution >= 4 is 18.6 Å². The van der Waals surface area contributed by atoms with E-state index in [1.165, 1.54) is 7.11 Å². The van der Waals surface area contributed by atoms with Crippen molar-refractivity contribution in [2.45, 2.75) is 57.7 Å². The Labute approximate surface area is 159 Å². The average molecular weight is 369 g/mol. The van der Waals surface area contributed by atoms with Crippen molar-refractivity contribution in [3.8, 4) is 5.69 Å². The van der Waals surface area contributed by atoms with E-state index < -0.39 is 13.1 Å².